The molecule has 11 heteroatoms. The Morgan fingerprint density at radius 1 is 0.971 bits per heavy atom. The van der Waals surface area contributed by atoms with Crippen molar-refractivity contribution in [2.45, 2.75) is 77.0 Å². The van der Waals surface area contributed by atoms with Crippen LogP contribution in [0, 0.1) is 11.5 Å². The van der Waals surface area contributed by atoms with Crippen molar-refractivity contribution >= 4 is 24.2 Å². The molecule has 0 aromatic carbocycles. The van der Waals surface area contributed by atoms with E-state index in [0.717, 1.165) is 75.8 Å². The zero-order valence-corrected chi connectivity index (χ0v) is 20.1. The lowest BCUT2D eigenvalue weighted by atomic mass is 10.2. The number of primary amides is 1. The van der Waals surface area contributed by atoms with Crippen LogP contribution in [0.5, 0.6) is 0 Å². The van der Waals surface area contributed by atoms with E-state index in [0.29, 0.717) is 26.1 Å². The molecule has 0 aliphatic carbocycles. The number of rotatable bonds is 14. The monoisotopic (exact) mass is 479 g/mol. The average Bonchev–Trinajstić information content (AvgIpc) is 3.11. The van der Waals surface area contributed by atoms with Crippen LogP contribution in [0.2, 0.25) is 0 Å². The van der Waals surface area contributed by atoms with Gasteiger partial charge in [-0.3, -0.25) is 0 Å². The Bertz CT molecular complexity index is 701. The van der Waals surface area contributed by atoms with Crippen molar-refractivity contribution in [2.75, 3.05) is 39.3 Å². The molecule has 0 atom stereocenters. The second-order valence-electron chi connectivity index (χ2n) is 7.96. The standard InChI is InChI=1S/C16H27N5O4.C7H12NO/c17-13-25-12-8-4-2-6-10-20-16(24)21(15(18)23)11-7-3-1-5-9-19-14-22;9-7-8-5-3-1-2-4-6-8/h1-12H2,(H2,18,23)(H,20,24);1-6H2/q;+1. The number of nitrogens with zero attached hydrogens (tertiary/aromatic N) is 4. The maximum Gasteiger partial charge on any atom is 0.424 e. The second kappa shape index (κ2) is 23.0. The highest BCUT2D eigenvalue weighted by molar-refractivity contribution is 5.92. The third-order valence-electron chi connectivity index (χ3n) is 5.23. The predicted molar refractivity (Wildman–Crippen MR) is 125 cm³/mol. The molecule has 11 nitrogen and oxygen atoms in total. The SMILES string of the molecule is N#COCCCCCCNC(=O)N(CCCCCCN=C=O)C(N)=O.O=C=[N+]1CCCCCC1. The quantitative estimate of drug-likeness (QED) is 0.128. The first-order valence-electron chi connectivity index (χ1n) is 12.1. The van der Waals surface area contributed by atoms with Gasteiger partial charge in [-0.25, -0.2) is 24.3 Å². The number of amides is 4. The lowest BCUT2D eigenvalue weighted by Gasteiger charge is -2.19. The van der Waals surface area contributed by atoms with E-state index in [2.05, 4.69) is 15.0 Å². The van der Waals surface area contributed by atoms with Crippen LogP contribution in [0.25, 0.3) is 0 Å². The highest BCUT2D eigenvalue weighted by Crippen LogP contribution is 2.05. The molecule has 1 fully saturated rings. The van der Waals surface area contributed by atoms with Gasteiger partial charge in [0.1, 0.15) is 6.61 Å². The molecule has 1 aliphatic rings. The molecule has 0 radical (unpaired) electrons. The van der Waals surface area contributed by atoms with Crippen molar-refractivity contribution in [3.05, 3.63) is 0 Å². The summed E-state index contributed by atoms with van der Waals surface area (Å²) < 4.78 is 6.31. The average molecular weight is 480 g/mol. The Morgan fingerprint density at radius 3 is 2.24 bits per heavy atom. The van der Waals surface area contributed by atoms with Gasteiger partial charge >= 0.3 is 18.1 Å². The summed E-state index contributed by atoms with van der Waals surface area (Å²) >= 11 is 0. The van der Waals surface area contributed by atoms with E-state index in [9.17, 15) is 19.2 Å². The van der Waals surface area contributed by atoms with Gasteiger partial charge in [-0.05, 0) is 44.9 Å². The number of isocyanates is 2. The van der Waals surface area contributed by atoms with Crippen LogP contribution in [-0.2, 0) is 14.3 Å². The molecule has 0 saturated carbocycles. The Labute approximate surface area is 202 Å². The zero-order chi connectivity index (χ0) is 25.3. The van der Waals surface area contributed by atoms with E-state index >= 15 is 0 Å². The molecule has 0 aromatic rings. The first kappa shape index (κ1) is 30.8. The van der Waals surface area contributed by atoms with Crippen LogP contribution < -0.4 is 11.1 Å². The second-order valence-corrected chi connectivity index (χ2v) is 7.96. The smallest absolute Gasteiger partial charge is 0.424 e. The fourth-order valence-corrected chi connectivity index (χ4v) is 3.32. The summed E-state index contributed by atoms with van der Waals surface area (Å²) in [6, 6.07) is -1.25. The first-order chi connectivity index (χ1) is 16.6. The van der Waals surface area contributed by atoms with Crippen molar-refractivity contribution in [1.29, 1.82) is 5.26 Å². The minimum Gasteiger partial charge on any atom is -0.428 e. The molecule has 1 heterocycles. The number of unbranched alkanes of at least 4 members (excludes halogenated alkanes) is 6. The van der Waals surface area contributed by atoms with Gasteiger partial charge in [-0.15, -0.1) is 0 Å². The lowest BCUT2D eigenvalue weighted by molar-refractivity contribution is -0.523. The third kappa shape index (κ3) is 18.4. The summed E-state index contributed by atoms with van der Waals surface area (Å²) in [6.07, 6.45) is 16.4. The van der Waals surface area contributed by atoms with Gasteiger partial charge in [0.25, 0.3) is 6.26 Å². The summed E-state index contributed by atoms with van der Waals surface area (Å²) in [7, 11) is 0. The van der Waals surface area contributed by atoms with Gasteiger partial charge in [0, 0.05) is 25.9 Å². The molecular formula is C23H39N6O5+. The summed E-state index contributed by atoms with van der Waals surface area (Å²) in [6.45, 7) is 3.44. The molecule has 0 unspecified atom stereocenters. The van der Waals surface area contributed by atoms with Gasteiger partial charge in [-0.1, -0.05) is 19.3 Å². The highest BCUT2D eigenvalue weighted by Gasteiger charge is 2.17. The number of aliphatic imine (C=N–C) groups is 1. The van der Waals surface area contributed by atoms with E-state index in [1.54, 1.807) is 10.8 Å². The fraction of sp³-hybridized carbons (Fsp3) is 0.783. The van der Waals surface area contributed by atoms with Crippen molar-refractivity contribution in [3.8, 4) is 6.26 Å². The molecule has 190 valence electrons. The van der Waals surface area contributed by atoms with Crippen molar-refractivity contribution in [3.63, 3.8) is 0 Å². The number of carbonyl (C=O) groups excluding carboxylic acids is 4. The maximum atomic E-state index is 12.0. The zero-order valence-electron chi connectivity index (χ0n) is 20.1. The molecule has 0 bridgehead atoms. The molecule has 0 aromatic heterocycles. The Morgan fingerprint density at radius 2 is 1.62 bits per heavy atom. The van der Waals surface area contributed by atoms with Crippen LogP contribution >= 0.6 is 0 Å². The number of ether oxygens (including phenoxy) is 1. The number of nitrogens with one attached hydrogen (secondary N) is 1. The number of urea groups is 2. The van der Waals surface area contributed by atoms with E-state index in [-0.39, 0.29) is 6.54 Å². The molecule has 4 amide bonds. The summed E-state index contributed by atoms with van der Waals surface area (Å²) in [5.74, 6) is 0. The van der Waals surface area contributed by atoms with E-state index < -0.39 is 12.1 Å². The normalized spacial score (nSPS) is 12.5. The molecule has 34 heavy (non-hydrogen) atoms. The Balaban J connectivity index is 0.000000999. The fourth-order valence-electron chi connectivity index (χ4n) is 3.32. The van der Waals surface area contributed by atoms with E-state index in [4.69, 9.17) is 11.0 Å². The molecule has 3 N–H and O–H groups in total. The first-order valence-corrected chi connectivity index (χ1v) is 12.1. The van der Waals surface area contributed by atoms with Gasteiger partial charge in [-0.2, -0.15) is 14.6 Å². The van der Waals surface area contributed by atoms with Crippen LogP contribution in [-0.4, -0.2) is 73.0 Å². The molecule has 1 aliphatic heterocycles. The number of hydrogen-bond acceptors (Lipinski definition) is 7. The molecule has 1 saturated heterocycles. The molecule has 0 spiro atoms. The van der Waals surface area contributed by atoms with E-state index in [1.807, 2.05) is 6.08 Å². The van der Waals surface area contributed by atoms with Crippen LogP contribution in [0.15, 0.2) is 4.99 Å². The van der Waals surface area contributed by atoms with Crippen LogP contribution in [0.1, 0.15) is 77.0 Å². The Kier molecular flexibility index (Phi) is 20.8. The van der Waals surface area contributed by atoms with Crippen molar-refractivity contribution < 1.29 is 28.5 Å². The summed E-state index contributed by atoms with van der Waals surface area (Å²) in [4.78, 5) is 47.8. The maximum absolute atomic E-state index is 12.0. The minimum absolute atomic E-state index is 0.267. The molecule has 1 rings (SSSR count). The number of nitrogens with two attached hydrogens (primary N) is 1. The number of imide groups is 1. The lowest BCUT2D eigenvalue weighted by Crippen LogP contribution is -2.47. The molecular weight excluding hydrogens is 440 g/mol. The van der Waals surface area contributed by atoms with Crippen LogP contribution in [0.4, 0.5) is 9.59 Å². The topological polar surface area (TPSA) is 158 Å². The third-order valence-corrected chi connectivity index (χ3v) is 5.23. The summed E-state index contributed by atoms with van der Waals surface area (Å²) in [5, 5.41) is 10.9. The number of carbonyl (C=O) groups is 2. The largest absolute Gasteiger partial charge is 0.428 e. The Hall–Kier alpha value is -3.21. The van der Waals surface area contributed by atoms with Gasteiger partial charge in [0.15, 0.2) is 13.1 Å². The number of nitriles is 1. The summed E-state index contributed by atoms with van der Waals surface area (Å²) in [5.41, 5.74) is 5.24. The van der Waals surface area contributed by atoms with Crippen molar-refractivity contribution in [2.24, 2.45) is 10.7 Å². The van der Waals surface area contributed by atoms with Gasteiger partial charge in [0.2, 0.25) is 6.08 Å². The minimum atomic E-state index is -0.767. The van der Waals surface area contributed by atoms with Crippen LogP contribution in [0.3, 0.4) is 0 Å². The van der Waals surface area contributed by atoms with E-state index in [1.165, 1.54) is 18.9 Å². The predicted octanol–water partition coefficient (Wildman–Crippen LogP) is 2.94. The highest BCUT2D eigenvalue weighted by atomic mass is 16.5. The van der Waals surface area contributed by atoms with Crippen molar-refractivity contribution in [1.82, 2.24) is 10.2 Å². The van der Waals surface area contributed by atoms with Gasteiger partial charge < -0.3 is 15.8 Å². The van der Waals surface area contributed by atoms with Gasteiger partial charge in [0.05, 0.1) is 6.54 Å². The number of hydrogen-bond donors (Lipinski definition) is 2.